The summed E-state index contributed by atoms with van der Waals surface area (Å²) < 4.78 is 0. The molecule has 0 aliphatic rings. The SMILES string of the molecule is CN(C(=O)c1cc(N)cnc1Cl)c1cccnc1. The van der Waals surface area contributed by atoms with Crippen LogP contribution in [-0.2, 0) is 0 Å². The molecule has 2 aromatic heterocycles. The van der Waals surface area contributed by atoms with E-state index in [2.05, 4.69) is 9.97 Å². The van der Waals surface area contributed by atoms with Crippen LogP contribution >= 0.6 is 11.6 Å². The van der Waals surface area contributed by atoms with Crippen LogP contribution in [0.2, 0.25) is 5.15 Å². The van der Waals surface area contributed by atoms with Gasteiger partial charge in [0.1, 0.15) is 5.15 Å². The summed E-state index contributed by atoms with van der Waals surface area (Å²) in [6.07, 6.45) is 4.63. The number of hydrogen-bond acceptors (Lipinski definition) is 4. The molecule has 0 saturated carbocycles. The van der Waals surface area contributed by atoms with E-state index in [4.69, 9.17) is 17.3 Å². The van der Waals surface area contributed by atoms with Gasteiger partial charge in [0.25, 0.3) is 5.91 Å². The van der Waals surface area contributed by atoms with E-state index >= 15 is 0 Å². The van der Waals surface area contributed by atoms with Crippen molar-refractivity contribution in [2.24, 2.45) is 0 Å². The lowest BCUT2D eigenvalue weighted by Gasteiger charge is -2.17. The van der Waals surface area contributed by atoms with Crippen molar-refractivity contribution in [3.63, 3.8) is 0 Å². The molecule has 0 radical (unpaired) electrons. The third-order valence-electron chi connectivity index (χ3n) is 2.43. The maximum Gasteiger partial charge on any atom is 0.261 e. The minimum absolute atomic E-state index is 0.130. The highest BCUT2D eigenvalue weighted by Gasteiger charge is 2.17. The minimum atomic E-state index is -0.284. The number of rotatable bonds is 2. The summed E-state index contributed by atoms with van der Waals surface area (Å²) in [5, 5.41) is 0.130. The summed E-state index contributed by atoms with van der Waals surface area (Å²) in [6, 6.07) is 5.03. The van der Waals surface area contributed by atoms with Crippen LogP contribution in [0.25, 0.3) is 0 Å². The lowest BCUT2D eigenvalue weighted by Crippen LogP contribution is -2.26. The van der Waals surface area contributed by atoms with E-state index in [1.165, 1.54) is 17.2 Å². The van der Waals surface area contributed by atoms with Gasteiger partial charge in [0, 0.05) is 13.2 Å². The highest BCUT2D eigenvalue weighted by Crippen LogP contribution is 2.20. The normalized spacial score (nSPS) is 10.1. The monoisotopic (exact) mass is 262 g/mol. The Kier molecular flexibility index (Phi) is 3.43. The number of carbonyl (C=O) groups excluding carboxylic acids is 1. The molecule has 2 aromatic rings. The van der Waals surface area contributed by atoms with Crippen LogP contribution in [0.3, 0.4) is 0 Å². The van der Waals surface area contributed by atoms with Crippen molar-refractivity contribution in [2.75, 3.05) is 17.7 Å². The van der Waals surface area contributed by atoms with Crippen molar-refractivity contribution in [1.29, 1.82) is 0 Å². The number of anilines is 2. The molecule has 92 valence electrons. The Morgan fingerprint density at radius 1 is 1.44 bits per heavy atom. The van der Waals surface area contributed by atoms with Crippen LogP contribution in [0, 0.1) is 0 Å². The molecule has 0 aromatic carbocycles. The lowest BCUT2D eigenvalue weighted by molar-refractivity contribution is 0.0993. The van der Waals surface area contributed by atoms with Gasteiger partial charge in [0.15, 0.2) is 0 Å². The third-order valence-corrected chi connectivity index (χ3v) is 2.73. The summed E-state index contributed by atoms with van der Waals surface area (Å²) in [4.78, 5) is 21.5. The highest BCUT2D eigenvalue weighted by atomic mass is 35.5. The van der Waals surface area contributed by atoms with Gasteiger partial charge in [0.05, 0.1) is 29.3 Å². The first-order chi connectivity index (χ1) is 8.59. The average Bonchev–Trinajstić information content (AvgIpc) is 2.41. The molecule has 0 aliphatic heterocycles. The van der Waals surface area contributed by atoms with Gasteiger partial charge in [-0.2, -0.15) is 0 Å². The number of nitrogens with zero attached hydrogens (tertiary/aromatic N) is 3. The standard InChI is InChI=1S/C12H11ClN4O/c1-17(9-3-2-4-15-7-9)12(18)10-5-8(14)6-16-11(10)13/h2-7H,14H2,1H3. The Balaban J connectivity index is 2.34. The number of nitrogens with two attached hydrogens (primary N) is 1. The fraction of sp³-hybridized carbons (Fsp3) is 0.0833. The summed E-state index contributed by atoms with van der Waals surface area (Å²) in [5.41, 5.74) is 6.93. The topological polar surface area (TPSA) is 72.1 Å². The van der Waals surface area contributed by atoms with Gasteiger partial charge < -0.3 is 10.6 Å². The fourth-order valence-electron chi connectivity index (χ4n) is 1.46. The molecule has 0 spiro atoms. The van der Waals surface area contributed by atoms with Crippen LogP contribution < -0.4 is 10.6 Å². The lowest BCUT2D eigenvalue weighted by atomic mass is 10.2. The highest BCUT2D eigenvalue weighted by molar-refractivity contribution is 6.33. The molecule has 1 amide bonds. The number of halogens is 1. The average molecular weight is 263 g/mol. The molecule has 2 N–H and O–H groups in total. The van der Waals surface area contributed by atoms with Gasteiger partial charge >= 0.3 is 0 Å². The maximum absolute atomic E-state index is 12.2. The number of hydrogen-bond donors (Lipinski definition) is 1. The van der Waals surface area contributed by atoms with Gasteiger partial charge in [-0.15, -0.1) is 0 Å². The van der Waals surface area contributed by atoms with Crippen molar-refractivity contribution in [1.82, 2.24) is 9.97 Å². The van der Waals surface area contributed by atoms with Gasteiger partial charge in [-0.05, 0) is 18.2 Å². The van der Waals surface area contributed by atoms with Crippen LogP contribution in [0.15, 0.2) is 36.8 Å². The summed E-state index contributed by atoms with van der Waals surface area (Å²) in [5.74, 6) is -0.284. The van der Waals surface area contributed by atoms with Gasteiger partial charge in [-0.25, -0.2) is 4.98 Å². The van der Waals surface area contributed by atoms with Gasteiger partial charge in [-0.1, -0.05) is 11.6 Å². The molecule has 0 aliphatic carbocycles. The van der Waals surface area contributed by atoms with E-state index in [0.29, 0.717) is 11.4 Å². The number of nitrogen functional groups attached to an aromatic ring is 1. The summed E-state index contributed by atoms with van der Waals surface area (Å²) in [6.45, 7) is 0. The van der Waals surface area contributed by atoms with Gasteiger partial charge in [0.2, 0.25) is 0 Å². The molecule has 0 saturated heterocycles. The minimum Gasteiger partial charge on any atom is -0.397 e. The first kappa shape index (κ1) is 12.3. The Labute approximate surface area is 109 Å². The summed E-state index contributed by atoms with van der Waals surface area (Å²) in [7, 11) is 1.64. The second-order valence-electron chi connectivity index (χ2n) is 3.68. The molecule has 0 bridgehead atoms. The van der Waals surface area contributed by atoms with Crippen LogP contribution in [-0.4, -0.2) is 22.9 Å². The fourth-order valence-corrected chi connectivity index (χ4v) is 1.65. The smallest absolute Gasteiger partial charge is 0.261 e. The van der Waals surface area contributed by atoms with Crippen molar-refractivity contribution >= 4 is 28.9 Å². The number of pyridine rings is 2. The Bertz CT molecular complexity index is 574. The molecular weight excluding hydrogens is 252 g/mol. The third kappa shape index (κ3) is 2.41. The molecule has 0 unspecified atom stereocenters. The van der Waals surface area contributed by atoms with E-state index in [9.17, 15) is 4.79 Å². The first-order valence-electron chi connectivity index (χ1n) is 5.18. The van der Waals surface area contributed by atoms with E-state index in [1.54, 1.807) is 31.6 Å². The van der Waals surface area contributed by atoms with Crippen molar-refractivity contribution in [3.8, 4) is 0 Å². The van der Waals surface area contributed by atoms with E-state index in [1.807, 2.05) is 0 Å². The zero-order valence-electron chi connectivity index (χ0n) is 9.67. The number of aromatic nitrogens is 2. The van der Waals surface area contributed by atoms with Gasteiger partial charge in [-0.3, -0.25) is 9.78 Å². The van der Waals surface area contributed by atoms with Crippen LogP contribution in [0.4, 0.5) is 11.4 Å². The predicted molar refractivity (Wildman–Crippen MR) is 70.6 cm³/mol. The Hall–Kier alpha value is -2.14. The quantitative estimate of drug-likeness (QED) is 0.840. The first-order valence-corrected chi connectivity index (χ1v) is 5.56. The Morgan fingerprint density at radius 2 is 2.22 bits per heavy atom. The maximum atomic E-state index is 12.2. The van der Waals surface area contributed by atoms with Crippen LogP contribution in [0.1, 0.15) is 10.4 Å². The summed E-state index contributed by atoms with van der Waals surface area (Å²) >= 11 is 5.89. The predicted octanol–water partition coefficient (Wildman–Crippen LogP) is 1.99. The van der Waals surface area contributed by atoms with E-state index < -0.39 is 0 Å². The Morgan fingerprint density at radius 3 is 2.89 bits per heavy atom. The van der Waals surface area contributed by atoms with Crippen molar-refractivity contribution < 1.29 is 4.79 Å². The molecule has 2 heterocycles. The van der Waals surface area contributed by atoms with E-state index in [0.717, 1.165) is 0 Å². The number of amides is 1. The molecule has 5 nitrogen and oxygen atoms in total. The zero-order valence-corrected chi connectivity index (χ0v) is 10.4. The molecule has 18 heavy (non-hydrogen) atoms. The zero-order chi connectivity index (χ0) is 13.1. The number of carbonyl (C=O) groups is 1. The largest absolute Gasteiger partial charge is 0.397 e. The second-order valence-corrected chi connectivity index (χ2v) is 4.04. The second kappa shape index (κ2) is 5.01. The molecule has 6 heteroatoms. The van der Waals surface area contributed by atoms with Crippen molar-refractivity contribution in [2.45, 2.75) is 0 Å². The van der Waals surface area contributed by atoms with Crippen molar-refractivity contribution in [3.05, 3.63) is 47.5 Å². The molecule has 0 fully saturated rings. The van der Waals surface area contributed by atoms with E-state index in [-0.39, 0.29) is 16.6 Å². The van der Waals surface area contributed by atoms with Crippen LogP contribution in [0.5, 0.6) is 0 Å². The molecule has 0 atom stereocenters. The molecule has 2 rings (SSSR count). The molecular formula is C12H11ClN4O.